The molecule has 1 amide bonds. The van der Waals surface area contributed by atoms with Gasteiger partial charge in [0.2, 0.25) is 5.91 Å². The van der Waals surface area contributed by atoms with Crippen LogP contribution in [-0.2, 0) is 4.79 Å². The van der Waals surface area contributed by atoms with Gasteiger partial charge in [-0.05, 0) is 26.4 Å². The minimum atomic E-state index is -0.277. The molecule has 0 aliphatic heterocycles. The van der Waals surface area contributed by atoms with Gasteiger partial charge in [-0.25, -0.2) is 0 Å². The summed E-state index contributed by atoms with van der Waals surface area (Å²) in [7, 11) is 2.12. The van der Waals surface area contributed by atoms with Crippen molar-refractivity contribution in [3.63, 3.8) is 0 Å². The van der Waals surface area contributed by atoms with Crippen molar-refractivity contribution in [2.75, 3.05) is 26.7 Å². The molecule has 0 aliphatic rings. The lowest BCUT2D eigenvalue weighted by Crippen LogP contribution is -2.25. The van der Waals surface area contributed by atoms with Crippen LogP contribution in [0.3, 0.4) is 0 Å². The number of rotatable bonds is 10. The predicted molar refractivity (Wildman–Crippen MR) is 79.3 cm³/mol. The van der Waals surface area contributed by atoms with Gasteiger partial charge in [0.15, 0.2) is 0 Å². The second-order valence-electron chi connectivity index (χ2n) is 4.15. The zero-order valence-electron chi connectivity index (χ0n) is 12.6. The predicted octanol–water partition coefficient (Wildman–Crippen LogP) is 2.11. The maximum Gasteiger partial charge on any atom is 0.219 e. The summed E-state index contributed by atoms with van der Waals surface area (Å²) in [5.74, 6) is -0.277. The third-order valence-corrected chi connectivity index (χ3v) is 2.44. The Hall–Kier alpha value is -1.03. The lowest BCUT2D eigenvalue weighted by atomic mass is 10.2. The van der Waals surface area contributed by atoms with E-state index in [0.717, 1.165) is 25.2 Å². The highest BCUT2D eigenvalue weighted by atomic mass is 16.1. The summed E-state index contributed by atoms with van der Waals surface area (Å²) in [6, 6.07) is 0. The van der Waals surface area contributed by atoms with Gasteiger partial charge < -0.3 is 16.0 Å². The second kappa shape index (κ2) is 14.0. The molecule has 0 aliphatic carbocycles. The average Bonchev–Trinajstić information content (AvgIpc) is 2.35. The van der Waals surface area contributed by atoms with Gasteiger partial charge in [-0.15, -0.1) is 0 Å². The van der Waals surface area contributed by atoms with Gasteiger partial charge in [0, 0.05) is 25.2 Å². The number of nitrogens with zero attached hydrogens (tertiary/aromatic N) is 1. The number of primary amides is 1. The Labute approximate surface area is 113 Å². The molecular formula is C14H31N3O. The molecule has 0 radical (unpaired) electrons. The fraction of sp³-hybridized carbons (Fsp3) is 0.786. The number of hydrogen-bond donors (Lipinski definition) is 2. The van der Waals surface area contributed by atoms with Crippen LogP contribution in [0.4, 0.5) is 0 Å². The van der Waals surface area contributed by atoms with Gasteiger partial charge in [-0.3, -0.25) is 4.79 Å². The lowest BCUT2D eigenvalue weighted by Gasteiger charge is -2.17. The number of unbranched alkanes of at least 4 members (excludes halogenated alkanes) is 1. The molecule has 0 rings (SSSR count). The van der Waals surface area contributed by atoms with Crippen molar-refractivity contribution in [3.05, 3.63) is 12.3 Å². The topological polar surface area (TPSA) is 58.4 Å². The first-order valence-corrected chi connectivity index (χ1v) is 6.94. The van der Waals surface area contributed by atoms with Gasteiger partial charge in [0.05, 0.1) is 0 Å². The van der Waals surface area contributed by atoms with E-state index >= 15 is 0 Å². The van der Waals surface area contributed by atoms with Crippen molar-refractivity contribution in [1.82, 2.24) is 10.2 Å². The molecule has 108 valence electrons. The number of carbonyl (C=O) groups excluding carboxylic acids is 1. The fourth-order valence-electron chi connectivity index (χ4n) is 1.32. The van der Waals surface area contributed by atoms with Crippen molar-refractivity contribution < 1.29 is 4.79 Å². The Bertz CT molecular complexity index is 217. The number of hydrogen-bond acceptors (Lipinski definition) is 3. The number of carbonyl (C=O) groups is 1. The van der Waals surface area contributed by atoms with Gasteiger partial charge in [-0.2, -0.15) is 0 Å². The summed E-state index contributed by atoms with van der Waals surface area (Å²) in [6.45, 7) is 12.8. The molecule has 18 heavy (non-hydrogen) atoms. The lowest BCUT2D eigenvalue weighted by molar-refractivity contribution is -0.117. The summed E-state index contributed by atoms with van der Waals surface area (Å²) in [5, 5.41) is 3.10. The summed E-state index contributed by atoms with van der Waals surface area (Å²) in [6.07, 6.45) is 3.74. The Morgan fingerprint density at radius 3 is 2.39 bits per heavy atom. The third kappa shape index (κ3) is 15.0. The molecule has 0 saturated heterocycles. The molecule has 0 bridgehead atoms. The molecule has 0 unspecified atom stereocenters. The van der Waals surface area contributed by atoms with Crippen molar-refractivity contribution in [1.29, 1.82) is 0 Å². The van der Waals surface area contributed by atoms with Crippen LogP contribution in [0.1, 0.15) is 46.5 Å². The molecule has 0 saturated carbocycles. The normalized spacial score (nSPS) is 9.61. The van der Waals surface area contributed by atoms with E-state index in [2.05, 4.69) is 30.8 Å². The quantitative estimate of drug-likeness (QED) is 0.630. The van der Waals surface area contributed by atoms with Gasteiger partial charge in [0.25, 0.3) is 0 Å². The van der Waals surface area contributed by atoms with Crippen molar-refractivity contribution >= 4 is 5.91 Å². The minimum absolute atomic E-state index is 0.277. The van der Waals surface area contributed by atoms with E-state index in [-0.39, 0.29) is 5.91 Å². The Morgan fingerprint density at radius 1 is 1.28 bits per heavy atom. The molecule has 3 N–H and O–H groups in total. The van der Waals surface area contributed by atoms with Crippen LogP contribution in [0.25, 0.3) is 0 Å². The van der Waals surface area contributed by atoms with Crippen molar-refractivity contribution in [2.24, 2.45) is 5.73 Å². The van der Waals surface area contributed by atoms with Crippen LogP contribution in [0, 0.1) is 0 Å². The Balaban J connectivity index is 0. The van der Waals surface area contributed by atoms with E-state index in [1.165, 1.54) is 12.8 Å². The molecule has 0 spiro atoms. The smallest absolute Gasteiger partial charge is 0.219 e. The first-order valence-electron chi connectivity index (χ1n) is 6.94. The maximum absolute atomic E-state index is 10.5. The zero-order chi connectivity index (χ0) is 14.4. The Morgan fingerprint density at radius 2 is 1.89 bits per heavy atom. The van der Waals surface area contributed by atoms with E-state index < -0.39 is 0 Å². The first-order chi connectivity index (χ1) is 8.56. The highest BCUT2D eigenvalue weighted by molar-refractivity contribution is 5.73. The molecule has 0 aromatic rings. The molecular weight excluding hydrogens is 226 g/mol. The van der Waals surface area contributed by atoms with Crippen LogP contribution in [0.2, 0.25) is 0 Å². The van der Waals surface area contributed by atoms with E-state index in [0.29, 0.717) is 13.0 Å². The second-order valence-corrected chi connectivity index (χ2v) is 4.15. The number of nitrogens with two attached hydrogens (primary N) is 1. The van der Waals surface area contributed by atoms with Crippen molar-refractivity contribution in [2.45, 2.75) is 46.5 Å². The SMILES string of the molecule is C=C(CCN(C)CCCC)NCCC(N)=O.CC. The summed E-state index contributed by atoms with van der Waals surface area (Å²) in [5.41, 5.74) is 6.02. The van der Waals surface area contributed by atoms with E-state index in [9.17, 15) is 4.79 Å². The van der Waals surface area contributed by atoms with Gasteiger partial charge >= 0.3 is 0 Å². The third-order valence-electron chi connectivity index (χ3n) is 2.44. The number of amides is 1. The number of nitrogens with one attached hydrogen (secondary N) is 1. The first kappa shape index (κ1) is 19.3. The highest BCUT2D eigenvalue weighted by Crippen LogP contribution is 1.98. The highest BCUT2D eigenvalue weighted by Gasteiger charge is 2.00. The average molecular weight is 257 g/mol. The monoisotopic (exact) mass is 257 g/mol. The molecule has 0 aromatic carbocycles. The molecule has 0 atom stereocenters. The maximum atomic E-state index is 10.5. The van der Waals surface area contributed by atoms with Crippen molar-refractivity contribution in [3.8, 4) is 0 Å². The molecule has 0 heterocycles. The Kier molecular flexibility index (Phi) is 15.1. The standard InChI is InChI=1S/C12H25N3O.C2H6/c1-4-5-9-15(3)10-7-11(2)14-8-6-12(13)16;1-2/h14H,2,4-10H2,1,3H3,(H2,13,16);1-2H3. The van der Waals surface area contributed by atoms with Crippen LogP contribution in [0.15, 0.2) is 12.3 Å². The summed E-state index contributed by atoms with van der Waals surface area (Å²) < 4.78 is 0. The van der Waals surface area contributed by atoms with Crippen LogP contribution >= 0.6 is 0 Å². The van der Waals surface area contributed by atoms with E-state index in [1.807, 2.05) is 13.8 Å². The largest absolute Gasteiger partial charge is 0.388 e. The summed E-state index contributed by atoms with van der Waals surface area (Å²) in [4.78, 5) is 12.8. The van der Waals surface area contributed by atoms with E-state index in [4.69, 9.17) is 5.73 Å². The van der Waals surface area contributed by atoms with Gasteiger partial charge in [0.1, 0.15) is 0 Å². The molecule has 4 heteroatoms. The van der Waals surface area contributed by atoms with E-state index in [1.54, 1.807) is 0 Å². The van der Waals surface area contributed by atoms with Crippen LogP contribution < -0.4 is 11.1 Å². The zero-order valence-corrected chi connectivity index (χ0v) is 12.6. The minimum Gasteiger partial charge on any atom is -0.388 e. The van der Waals surface area contributed by atoms with Crippen LogP contribution in [0.5, 0.6) is 0 Å². The van der Waals surface area contributed by atoms with Gasteiger partial charge in [-0.1, -0.05) is 33.8 Å². The molecule has 0 aromatic heterocycles. The van der Waals surface area contributed by atoms with Crippen LogP contribution in [-0.4, -0.2) is 37.5 Å². The fourth-order valence-corrected chi connectivity index (χ4v) is 1.32. The summed E-state index contributed by atoms with van der Waals surface area (Å²) >= 11 is 0. The molecule has 0 fully saturated rings. The molecule has 4 nitrogen and oxygen atoms in total.